The number of anilines is 1. The molecule has 0 unspecified atom stereocenters. The number of carbonyl (C=O) groups is 3. The Kier molecular flexibility index (Phi) is 8.28. The van der Waals surface area contributed by atoms with E-state index in [0.29, 0.717) is 17.7 Å². The van der Waals surface area contributed by atoms with Crippen LogP contribution in [0.3, 0.4) is 0 Å². The number of hydrogen-bond donors (Lipinski definition) is 3. The van der Waals surface area contributed by atoms with Gasteiger partial charge in [0.25, 0.3) is 17.4 Å². The second-order valence-electron chi connectivity index (χ2n) is 7.69. The lowest BCUT2D eigenvalue weighted by Crippen LogP contribution is -2.36. The molecule has 176 valence electrons. The average Bonchev–Trinajstić information content (AvgIpc) is 2.84. The molecule has 0 aliphatic heterocycles. The molecule has 0 saturated carbocycles. The predicted molar refractivity (Wildman–Crippen MR) is 129 cm³/mol. The van der Waals surface area contributed by atoms with E-state index in [-0.39, 0.29) is 42.7 Å². The summed E-state index contributed by atoms with van der Waals surface area (Å²) in [5, 5.41) is 12.3. The standard InChI is InChI=1S/C25H27N5O4/c1-3-22(31)28-20-10-8-19(9-11-20)24(33)26-14-15-27-25(34)21-12-13-23(32)30(29-21)16-18-6-4-17(2)5-7-18/h4-13H,3,14-16H2,1-2H3,(H,26,33)(H,27,34)(H,28,31). The van der Waals surface area contributed by atoms with Gasteiger partial charge in [0.1, 0.15) is 5.69 Å². The molecule has 0 fully saturated rings. The monoisotopic (exact) mass is 461 g/mol. The molecule has 1 aromatic heterocycles. The summed E-state index contributed by atoms with van der Waals surface area (Å²) in [6, 6.07) is 16.9. The summed E-state index contributed by atoms with van der Waals surface area (Å²) in [7, 11) is 0. The van der Waals surface area contributed by atoms with Gasteiger partial charge in [-0.3, -0.25) is 19.2 Å². The van der Waals surface area contributed by atoms with Crippen LogP contribution in [0.1, 0.15) is 45.3 Å². The van der Waals surface area contributed by atoms with Crippen LogP contribution in [0.5, 0.6) is 0 Å². The first kappa shape index (κ1) is 24.4. The minimum atomic E-state index is -0.442. The topological polar surface area (TPSA) is 122 Å². The van der Waals surface area contributed by atoms with Crippen molar-refractivity contribution < 1.29 is 14.4 Å². The van der Waals surface area contributed by atoms with Crippen molar-refractivity contribution in [1.82, 2.24) is 20.4 Å². The van der Waals surface area contributed by atoms with E-state index in [1.165, 1.54) is 16.8 Å². The number of benzene rings is 2. The molecule has 1 heterocycles. The summed E-state index contributed by atoms with van der Waals surface area (Å²) < 4.78 is 1.24. The second kappa shape index (κ2) is 11.6. The van der Waals surface area contributed by atoms with Crippen molar-refractivity contribution in [3.8, 4) is 0 Å². The van der Waals surface area contributed by atoms with Gasteiger partial charge in [-0.1, -0.05) is 36.8 Å². The molecule has 3 aromatic rings. The van der Waals surface area contributed by atoms with Gasteiger partial charge in [-0.15, -0.1) is 0 Å². The Hall–Kier alpha value is -4.27. The van der Waals surface area contributed by atoms with Gasteiger partial charge >= 0.3 is 0 Å². The van der Waals surface area contributed by atoms with Crippen molar-refractivity contribution in [3.05, 3.63) is 93.4 Å². The van der Waals surface area contributed by atoms with Crippen LogP contribution >= 0.6 is 0 Å². The summed E-state index contributed by atoms with van der Waals surface area (Å²) >= 11 is 0. The first-order valence-electron chi connectivity index (χ1n) is 11.0. The van der Waals surface area contributed by atoms with Crippen molar-refractivity contribution in [1.29, 1.82) is 0 Å². The molecule has 0 saturated heterocycles. The normalized spacial score (nSPS) is 10.4. The molecule has 3 N–H and O–H groups in total. The maximum absolute atomic E-state index is 12.4. The largest absolute Gasteiger partial charge is 0.350 e. The zero-order chi connectivity index (χ0) is 24.5. The Morgan fingerprint density at radius 3 is 2.15 bits per heavy atom. The Balaban J connectivity index is 1.49. The van der Waals surface area contributed by atoms with Crippen LogP contribution < -0.4 is 21.5 Å². The van der Waals surface area contributed by atoms with Crippen LogP contribution in [0, 0.1) is 6.92 Å². The van der Waals surface area contributed by atoms with Gasteiger partial charge in [-0.2, -0.15) is 5.10 Å². The van der Waals surface area contributed by atoms with Gasteiger partial charge in [0, 0.05) is 36.8 Å². The second-order valence-corrected chi connectivity index (χ2v) is 7.69. The predicted octanol–water partition coefficient (Wildman–Crippen LogP) is 2.11. The van der Waals surface area contributed by atoms with Gasteiger partial charge in [0.2, 0.25) is 5.91 Å². The van der Waals surface area contributed by atoms with Crippen LogP contribution in [-0.4, -0.2) is 40.6 Å². The van der Waals surface area contributed by atoms with E-state index in [1.54, 1.807) is 31.2 Å². The third-order valence-electron chi connectivity index (χ3n) is 5.00. The zero-order valence-electron chi connectivity index (χ0n) is 19.1. The highest BCUT2D eigenvalue weighted by molar-refractivity contribution is 5.96. The molecule has 34 heavy (non-hydrogen) atoms. The van der Waals surface area contributed by atoms with Crippen molar-refractivity contribution in [3.63, 3.8) is 0 Å². The van der Waals surface area contributed by atoms with Crippen molar-refractivity contribution in [2.24, 2.45) is 0 Å². The molecule has 0 radical (unpaired) electrons. The van der Waals surface area contributed by atoms with Gasteiger partial charge in [-0.05, 0) is 42.8 Å². The minimum Gasteiger partial charge on any atom is -0.350 e. The molecule has 3 rings (SSSR count). The molecule has 0 spiro atoms. The summed E-state index contributed by atoms with van der Waals surface area (Å²) in [6.45, 7) is 4.40. The third-order valence-corrected chi connectivity index (χ3v) is 5.00. The molecule has 9 heteroatoms. The molecular formula is C25H27N5O4. The molecule has 9 nitrogen and oxygen atoms in total. The Morgan fingerprint density at radius 1 is 0.853 bits per heavy atom. The third kappa shape index (κ3) is 6.86. The van der Waals surface area contributed by atoms with E-state index in [9.17, 15) is 19.2 Å². The fraction of sp³-hybridized carbons (Fsp3) is 0.240. The Morgan fingerprint density at radius 2 is 1.50 bits per heavy atom. The first-order valence-corrected chi connectivity index (χ1v) is 11.0. The Bertz CT molecular complexity index is 1220. The smallest absolute Gasteiger partial charge is 0.271 e. The lowest BCUT2D eigenvalue weighted by molar-refractivity contribution is -0.115. The number of nitrogens with one attached hydrogen (secondary N) is 3. The molecular weight excluding hydrogens is 434 g/mol. The zero-order valence-corrected chi connectivity index (χ0v) is 19.1. The minimum absolute atomic E-state index is 0.104. The molecule has 3 amide bonds. The van der Waals surface area contributed by atoms with Crippen LogP contribution in [-0.2, 0) is 11.3 Å². The number of amides is 3. The molecule has 0 aliphatic carbocycles. The highest BCUT2D eigenvalue weighted by Gasteiger charge is 2.11. The van der Waals surface area contributed by atoms with E-state index >= 15 is 0 Å². The highest BCUT2D eigenvalue weighted by atomic mass is 16.2. The highest BCUT2D eigenvalue weighted by Crippen LogP contribution is 2.10. The average molecular weight is 462 g/mol. The fourth-order valence-corrected chi connectivity index (χ4v) is 3.05. The van der Waals surface area contributed by atoms with Crippen LogP contribution in [0.4, 0.5) is 5.69 Å². The van der Waals surface area contributed by atoms with E-state index in [2.05, 4.69) is 21.0 Å². The summed E-state index contributed by atoms with van der Waals surface area (Å²) in [5.74, 6) is -0.844. The SMILES string of the molecule is CCC(=O)Nc1ccc(C(=O)NCCNC(=O)c2ccc(=O)n(Cc3ccc(C)cc3)n2)cc1. The summed E-state index contributed by atoms with van der Waals surface area (Å²) in [4.78, 5) is 48.2. The molecule has 0 aliphatic rings. The van der Waals surface area contributed by atoms with Gasteiger partial charge in [0.15, 0.2) is 0 Å². The quantitative estimate of drug-likeness (QED) is 0.421. The lowest BCUT2D eigenvalue weighted by Gasteiger charge is -2.09. The fourth-order valence-electron chi connectivity index (χ4n) is 3.05. The van der Waals surface area contributed by atoms with Crippen LogP contribution in [0.25, 0.3) is 0 Å². The maximum Gasteiger partial charge on any atom is 0.271 e. The van der Waals surface area contributed by atoms with Gasteiger partial charge in [-0.25, -0.2) is 4.68 Å². The summed E-state index contributed by atoms with van der Waals surface area (Å²) in [5.41, 5.74) is 2.88. The van der Waals surface area contributed by atoms with Crippen LogP contribution in [0.15, 0.2) is 65.5 Å². The van der Waals surface area contributed by atoms with Crippen molar-refractivity contribution in [2.45, 2.75) is 26.8 Å². The number of rotatable bonds is 9. The van der Waals surface area contributed by atoms with E-state index in [4.69, 9.17) is 0 Å². The maximum atomic E-state index is 12.4. The Labute approximate surface area is 197 Å². The lowest BCUT2D eigenvalue weighted by atomic mass is 10.1. The van der Waals surface area contributed by atoms with Gasteiger partial charge < -0.3 is 16.0 Å². The number of aromatic nitrogens is 2. The molecule has 0 atom stereocenters. The summed E-state index contributed by atoms with van der Waals surface area (Å²) in [6.07, 6.45) is 0.372. The van der Waals surface area contributed by atoms with Crippen LogP contribution in [0.2, 0.25) is 0 Å². The van der Waals surface area contributed by atoms with Gasteiger partial charge in [0.05, 0.1) is 6.54 Å². The van der Waals surface area contributed by atoms with E-state index < -0.39 is 5.91 Å². The first-order chi connectivity index (χ1) is 16.4. The molecule has 2 aromatic carbocycles. The van der Waals surface area contributed by atoms with E-state index in [1.807, 2.05) is 31.2 Å². The van der Waals surface area contributed by atoms with Crippen molar-refractivity contribution >= 4 is 23.4 Å². The number of aryl methyl sites for hydroxylation is 1. The molecule has 0 bridgehead atoms. The number of carbonyl (C=O) groups excluding carboxylic acids is 3. The number of hydrogen-bond acceptors (Lipinski definition) is 5. The van der Waals surface area contributed by atoms with Crippen molar-refractivity contribution in [2.75, 3.05) is 18.4 Å². The number of nitrogens with zero attached hydrogens (tertiary/aromatic N) is 2. The van der Waals surface area contributed by atoms with E-state index in [0.717, 1.165) is 11.1 Å².